The van der Waals surface area contributed by atoms with Gasteiger partial charge in [-0.05, 0) is 18.4 Å². The van der Waals surface area contributed by atoms with E-state index < -0.39 is 0 Å². The van der Waals surface area contributed by atoms with Crippen molar-refractivity contribution in [2.24, 2.45) is 5.41 Å². The number of nitrogens with zero attached hydrogens (tertiary/aromatic N) is 3. The van der Waals surface area contributed by atoms with Crippen LogP contribution in [0.2, 0.25) is 0 Å². The van der Waals surface area contributed by atoms with Gasteiger partial charge in [-0.3, -0.25) is 4.79 Å². The second kappa shape index (κ2) is 5.95. The standard InChI is InChI=1S/C17H26N4O/c1-17(2,3)8-15(22)21-7-5-14-13(11-21)10-19-16(20-14)12-4-6-18-9-12/h10,12,18H,4-9,11H2,1-3H3/t12-/m1/s1. The largest absolute Gasteiger partial charge is 0.338 e. The van der Waals surface area contributed by atoms with Crippen LogP contribution in [0.4, 0.5) is 0 Å². The van der Waals surface area contributed by atoms with Crippen molar-refractivity contribution in [2.75, 3.05) is 19.6 Å². The molecule has 0 radical (unpaired) electrons. The lowest BCUT2D eigenvalue weighted by Crippen LogP contribution is -2.38. The summed E-state index contributed by atoms with van der Waals surface area (Å²) in [5.74, 6) is 1.66. The van der Waals surface area contributed by atoms with Crippen LogP contribution in [0.15, 0.2) is 6.20 Å². The minimum Gasteiger partial charge on any atom is -0.338 e. The maximum Gasteiger partial charge on any atom is 0.223 e. The van der Waals surface area contributed by atoms with Crippen LogP contribution in [-0.4, -0.2) is 40.4 Å². The molecule has 5 nitrogen and oxygen atoms in total. The zero-order chi connectivity index (χ0) is 15.7. The van der Waals surface area contributed by atoms with Crippen molar-refractivity contribution in [1.29, 1.82) is 0 Å². The van der Waals surface area contributed by atoms with Crippen molar-refractivity contribution in [2.45, 2.75) is 52.5 Å². The summed E-state index contributed by atoms with van der Waals surface area (Å²) >= 11 is 0. The first-order valence-electron chi connectivity index (χ1n) is 8.25. The molecular formula is C17H26N4O. The summed E-state index contributed by atoms with van der Waals surface area (Å²) in [5, 5.41) is 3.36. The molecule has 1 atom stereocenters. The lowest BCUT2D eigenvalue weighted by atomic mass is 9.91. The first kappa shape index (κ1) is 15.4. The lowest BCUT2D eigenvalue weighted by molar-refractivity contribution is -0.134. The maximum absolute atomic E-state index is 12.4. The number of carbonyl (C=O) groups is 1. The maximum atomic E-state index is 12.4. The minimum absolute atomic E-state index is 0.0349. The van der Waals surface area contributed by atoms with E-state index in [1.807, 2.05) is 11.1 Å². The van der Waals surface area contributed by atoms with E-state index in [9.17, 15) is 4.79 Å². The number of rotatable bonds is 2. The van der Waals surface area contributed by atoms with E-state index in [2.05, 4.69) is 31.1 Å². The number of hydrogen-bond donors (Lipinski definition) is 1. The van der Waals surface area contributed by atoms with E-state index in [4.69, 9.17) is 4.98 Å². The number of aromatic nitrogens is 2. The summed E-state index contributed by atoms with van der Waals surface area (Å²) in [7, 11) is 0. The number of amides is 1. The van der Waals surface area contributed by atoms with Gasteiger partial charge in [-0.2, -0.15) is 0 Å². The van der Waals surface area contributed by atoms with E-state index in [0.717, 1.165) is 49.6 Å². The summed E-state index contributed by atoms with van der Waals surface area (Å²) in [4.78, 5) is 23.7. The Morgan fingerprint density at radius 1 is 1.45 bits per heavy atom. The molecule has 1 fully saturated rings. The van der Waals surface area contributed by atoms with Gasteiger partial charge in [-0.25, -0.2) is 9.97 Å². The molecule has 3 heterocycles. The molecule has 0 spiro atoms. The Morgan fingerprint density at radius 2 is 2.27 bits per heavy atom. The van der Waals surface area contributed by atoms with E-state index in [-0.39, 0.29) is 11.3 Å². The molecule has 5 heteroatoms. The molecule has 2 aliphatic rings. The summed E-state index contributed by atoms with van der Waals surface area (Å²) in [6, 6.07) is 0. The second-order valence-corrected chi connectivity index (χ2v) is 7.69. The minimum atomic E-state index is 0.0349. The van der Waals surface area contributed by atoms with Gasteiger partial charge in [0.25, 0.3) is 0 Å². The van der Waals surface area contributed by atoms with E-state index >= 15 is 0 Å². The SMILES string of the molecule is CC(C)(C)CC(=O)N1CCc2nc([C@@H]3CCNC3)ncc2C1. The van der Waals surface area contributed by atoms with Crippen LogP contribution in [-0.2, 0) is 17.8 Å². The predicted molar refractivity (Wildman–Crippen MR) is 85.5 cm³/mol. The summed E-state index contributed by atoms with van der Waals surface area (Å²) < 4.78 is 0. The first-order chi connectivity index (χ1) is 10.4. The smallest absolute Gasteiger partial charge is 0.223 e. The van der Waals surface area contributed by atoms with Gasteiger partial charge in [-0.1, -0.05) is 20.8 Å². The number of carbonyl (C=O) groups excluding carboxylic acids is 1. The molecule has 2 aliphatic heterocycles. The fourth-order valence-electron chi connectivity index (χ4n) is 3.18. The third-order valence-electron chi connectivity index (χ3n) is 4.41. The Labute approximate surface area is 132 Å². The molecule has 0 aliphatic carbocycles. The highest BCUT2D eigenvalue weighted by Crippen LogP contribution is 2.25. The predicted octanol–water partition coefficient (Wildman–Crippen LogP) is 1.87. The van der Waals surface area contributed by atoms with E-state index in [0.29, 0.717) is 18.9 Å². The average Bonchev–Trinajstić information content (AvgIpc) is 2.98. The van der Waals surface area contributed by atoms with Crippen LogP contribution in [0.1, 0.15) is 56.6 Å². The van der Waals surface area contributed by atoms with Gasteiger partial charge >= 0.3 is 0 Å². The molecule has 1 aromatic rings. The van der Waals surface area contributed by atoms with Gasteiger partial charge in [0.2, 0.25) is 5.91 Å². The van der Waals surface area contributed by atoms with Crippen molar-refractivity contribution in [3.63, 3.8) is 0 Å². The number of hydrogen-bond acceptors (Lipinski definition) is 4. The quantitative estimate of drug-likeness (QED) is 0.906. The van der Waals surface area contributed by atoms with E-state index in [1.165, 1.54) is 0 Å². The van der Waals surface area contributed by atoms with Gasteiger partial charge in [0.15, 0.2) is 0 Å². The fraction of sp³-hybridized carbons (Fsp3) is 0.706. The van der Waals surface area contributed by atoms with Crippen LogP contribution in [0.5, 0.6) is 0 Å². The Balaban J connectivity index is 1.70. The highest BCUT2D eigenvalue weighted by molar-refractivity contribution is 5.77. The molecule has 22 heavy (non-hydrogen) atoms. The molecule has 0 saturated carbocycles. The van der Waals surface area contributed by atoms with Crippen LogP contribution in [0, 0.1) is 5.41 Å². The van der Waals surface area contributed by atoms with Gasteiger partial charge in [0.1, 0.15) is 5.82 Å². The van der Waals surface area contributed by atoms with Crippen LogP contribution in [0.3, 0.4) is 0 Å². The fourth-order valence-corrected chi connectivity index (χ4v) is 3.18. The third kappa shape index (κ3) is 3.46. The normalized spacial score (nSPS) is 21.8. The van der Waals surface area contributed by atoms with Crippen molar-refractivity contribution in [3.8, 4) is 0 Å². The molecule has 3 rings (SSSR count). The van der Waals surface area contributed by atoms with Crippen LogP contribution in [0.25, 0.3) is 0 Å². The Bertz CT molecular complexity index is 558. The van der Waals surface area contributed by atoms with Crippen molar-refractivity contribution in [1.82, 2.24) is 20.2 Å². The van der Waals surface area contributed by atoms with Crippen LogP contribution < -0.4 is 5.32 Å². The summed E-state index contributed by atoms with van der Waals surface area (Å²) in [6.07, 6.45) is 4.50. The Hall–Kier alpha value is -1.49. The topological polar surface area (TPSA) is 58.1 Å². The van der Waals surface area contributed by atoms with Crippen LogP contribution >= 0.6 is 0 Å². The number of fused-ring (bicyclic) bond motifs is 1. The first-order valence-corrected chi connectivity index (χ1v) is 8.25. The Morgan fingerprint density at radius 3 is 2.95 bits per heavy atom. The Kier molecular flexibility index (Phi) is 4.17. The van der Waals surface area contributed by atoms with Gasteiger partial charge in [-0.15, -0.1) is 0 Å². The molecule has 1 N–H and O–H groups in total. The molecule has 120 valence electrons. The zero-order valence-corrected chi connectivity index (χ0v) is 13.9. The highest BCUT2D eigenvalue weighted by Gasteiger charge is 2.27. The van der Waals surface area contributed by atoms with Crippen molar-refractivity contribution < 1.29 is 4.79 Å². The monoisotopic (exact) mass is 302 g/mol. The van der Waals surface area contributed by atoms with Gasteiger partial charge < -0.3 is 10.2 Å². The van der Waals surface area contributed by atoms with Crippen molar-refractivity contribution >= 4 is 5.91 Å². The van der Waals surface area contributed by atoms with E-state index in [1.54, 1.807) is 0 Å². The summed E-state index contributed by atoms with van der Waals surface area (Å²) in [5.41, 5.74) is 2.28. The highest BCUT2D eigenvalue weighted by atomic mass is 16.2. The molecule has 0 unspecified atom stereocenters. The molecule has 1 aromatic heterocycles. The second-order valence-electron chi connectivity index (χ2n) is 7.69. The zero-order valence-electron chi connectivity index (χ0n) is 13.9. The summed E-state index contributed by atoms with van der Waals surface area (Å²) in [6.45, 7) is 9.79. The third-order valence-corrected chi connectivity index (χ3v) is 4.41. The van der Waals surface area contributed by atoms with Gasteiger partial charge in [0, 0.05) is 50.2 Å². The molecular weight excluding hydrogens is 276 g/mol. The molecule has 0 bridgehead atoms. The number of nitrogens with one attached hydrogen (secondary N) is 1. The molecule has 1 amide bonds. The lowest BCUT2D eigenvalue weighted by Gasteiger charge is -2.30. The molecule has 0 aromatic carbocycles. The molecule has 1 saturated heterocycles. The van der Waals surface area contributed by atoms with Crippen molar-refractivity contribution in [3.05, 3.63) is 23.3 Å². The van der Waals surface area contributed by atoms with Gasteiger partial charge in [0.05, 0.1) is 5.69 Å². The average molecular weight is 302 g/mol.